The van der Waals surface area contributed by atoms with E-state index >= 15 is 4.39 Å². The van der Waals surface area contributed by atoms with Gasteiger partial charge >= 0.3 is 12.2 Å². The Bertz CT molecular complexity index is 1870. The first-order valence-electron chi connectivity index (χ1n) is 14.9. The lowest BCUT2D eigenvalue weighted by Gasteiger charge is -2.19. The molecule has 5 rings (SSSR count). The summed E-state index contributed by atoms with van der Waals surface area (Å²) in [5.74, 6) is -9.03. The van der Waals surface area contributed by atoms with Crippen molar-refractivity contribution in [1.29, 1.82) is 0 Å². The third-order valence-electron chi connectivity index (χ3n) is 7.56. The van der Waals surface area contributed by atoms with Crippen molar-refractivity contribution in [3.8, 4) is 33.8 Å². The molecule has 11 heteroatoms. The molecule has 48 heavy (non-hydrogen) atoms. The molecule has 0 atom stereocenters. The number of rotatable bonds is 12. The fourth-order valence-electron chi connectivity index (χ4n) is 5.01. The lowest BCUT2D eigenvalue weighted by Crippen LogP contribution is -2.23. The maximum absolute atomic E-state index is 15.2. The molecule has 0 bridgehead atoms. The first-order valence-corrected chi connectivity index (χ1v) is 14.9. The molecule has 250 valence electrons. The van der Waals surface area contributed by atoms with E-state index in [2.05, 4.69) is 11.7 Å². The monoisotopic (exact) mass is 674 g/mol. The van der Waals surface area contributed by atoms with Crippen molar-refractivity contribution in [3.05, 3.63) is 143 Å². The molecule has 0 aliphatic carbocycles. The van der Waals surface area contributed by atoms with Gasteiger partial charge in [0, 0.05) is 17.7 Å². The topological polar surface area (TPSA) is 18.5 Å². The van der Waals surface area contributed by atoms with Crippen molar-refractivity contribution in [1.82, 2.24) is 0 Å². The summed E-state index contributed by atoms with van der Waals surface area (Å²) < 4.78 is 138. The molecular formula is C37H27F9O2. The van der Waals surface area contributed by atoms with Crippen LogP contribution in [0, 0.1) is 29.1 Å². The number of hydrogen-bond acceptors (Lipinski definition) is 2. The second-order valence-corrected chi connectivity index (χ2v) is 11.0. The molecule has 0 heterocycles. The van der Waals surface area contributed by atoms with Gasteiger partial charge in [-0.1, -0.05) is 62.2 Å². The minimum absolute atomic E-state index is 0.116. The van der Waals surface area contributed by atoms with Gasteiger partial charge in [0.05, 0.1) is 11.1 Å². The van der Waals surface area contributed by atoms with Crippen LogP contribution in [0.1, 0.15) is 42.9 Å². The molecule has 5 aromatic carbocycles. The first kappa shape index (κ1) is 34.4. The average molecular weight is 675 g/mol. The van der Waals surface area contributed by atoms with Crippen LogP contribution in [-0.4, -0.2) is 0 Å². The van der Waals surface area contributed by atoms with E-state index in [1.807, 2.05) is 0 Å². The van der Waals surface area contributed by atoms with Crippen LogP contribution in [0.2, 0.25) is 0 Å². The van der Waals surface area contributed by atoms with E-state index in [0.717, 1.165) is 43.4 Å². The molecule has 0 radical (unpaired) electrons. The van der Waals surface area contributed by atoms with E-state index in [1.54, 1.807) is 12.1 Å². The number of aryl methyl sites for hydroxylation is 1. The highest BCUT2D eigenvalue weighted by molar-refractivity contribution is 5.71. The number of hydrogen-bond donors (Lipinski definition) is 0. The lowest BCUT2D eigenvalue weighted by atomic mass is 9.98. The van der Waals surface area contributed by atoms with E-state index < -0.39 is 52.6 Å². The number of ether oxygens (including phenoxy) is 2. The van der Waals surface area contributed by atoms with Gasteiger partial charge in [-0.2, -0.15) is 17.6 Å². The van der Waals surface area contributed by atoms with Gasteiger partial charge in [-0.25, -0.2) is 22.0 Å². The van der Waals surface area contributed by atoms with Crippen molar-refractivity contribution >= 4 is 0 Å². The average Bonchev–Trinajstić information content (AvgIpc) is 3.04. The summed E-state index contributed by atoms with van der Waals surface area (Å²) in [6.45, 7) is 2.08. The second kappa shape index (κ2) is 14.0. The zero-order chi connectivity index (χ0) is 34.6. The largest absolute Gasteiger partial charge is 0.429 e. The normalized spacial score (nSPS) is 11.9. The zero-order valence-electron chi connectivity index (χ0n) is 25.3. The Hall–Kier alpha value is -4.93. The van der Waals surface area contributed by atoms with Crippen molar-refractivity contribution in [2.75, 3.05) is 0 Å². The molecule has 0 saturated carbocycles. The summed E-state index contributed by atoms with van der Waals surface area (Å²) in [5, 5.41) is 0. The first-order chi connectivity index (χ1) is 22.8. The van der Waals surface area contributed by atoms with E-state index in [1.165, 1.54) is 48.5 Å². The minimum Gasteiger partial charge on any atom is -0.429 e. The quantitative estimate of drug-likeness (QED) is 0.0745. The second-order valence-electron chi connectivity index (χ2n) is 11.0. The van der Waals surface area contributed by atoms with E-state index in [9.17, 15) is 35.1 Å². The van der Waals surface area contributed by atoms with Crippen molar-refractivity contribution < 1.29 is 49.0 Å². The summed E-state index contributed by atoms with van der Waals surface area (Å²) >= 11 is 0. The Morgan fingerprint density at radius 2 is 1.10 bits per heavy atom. The fourth-order valence-corrected chi connectivity index (χ4v) is 5.01. The third-order valence-corrected chi connectivity index (χ3v) is 7.56. The van der Waals surface area contributed by atoms with E-state index in [-0.39, 0.29) is 34.6 Å². The van der Waals surface area contributed by atoms with Crippen LogP contribution >= 0.6 is 0 Å². The van der Waals surface area contributed by atoms with Gasteiger partial charge in [0.1, 0.15) is 23.1 Å². The SMILES string of the molecule is CCCCCc1ccc(C(F)(F)Oc2ccc(-c3ccc(-c4ccc(C(F)(F)Oc5cc(F)c(F)c(F)c5)c(F)c4)c(F)c3)cc2)cc1. The molecule has 0 saturated heterocycles. The summed E-state index contributed by atoms with van der Waals surface area (Å²) in [7, 11) is 0. The van der Waals surface area contributed by atoms with Gasteiger partial charge < -0.3 is 9.47 Å². The summed E-state index contributed by atoms with van der Waals surface area (Å²) in [6.07, 6.45) is -4.14. The zero-order valence-corrected chi connectivity index (χ0v) is 25.3. The van der Waals surface area contributed by atoms with Crippen molar-refractivity contribution in [2.24, 2.45) is 0 Å². The Kier molecular flexibility index (Phi) is 10.1. The molecule has 0 spiro atoms. The number of alkyl halides is 4. The van der Waals surface area contributed by atoms with Crippen LogP contribution in [0.15, 0.2) is 97.1 Å². The van der Waals surface area contributed by atoms with E-state index in [4.69, 9.17) is 4.74 Å². The maximum Gasteiger partial charge on any atom is 0.429 e. The van der Waals surface area contributed by atoms with Gasteiger partial charge in [-0.05, 0) is 77.6 Å². The number of unbranched alkanes of at least 4 members (excludes halogenated alkanes) is 2. The van der Waals surface area contributed by atoms with Gasteiger partial charge in [-0.3, -0.25) is 0 Å². The van der Waals surface area contributed by atoms with Crippen LogP contribution < -0.4 is 9.47 Å². The lowest BCUT2D eigenvalue weighted by molar-refractivity contribution is -0.187. The molecular weight excluding hydrogens is 647 g/mol. The van der Waals surface area contributed by atoms with Gasteiger partial charge in [0.15, 0.2) is 17.5 Å². The molecule has 0 aromatic heterocycles. The van der Waals surface area contributed by atoms with Crippen LogP contribution in [0.5, 0.6) is 11.5 Å². The maximum atomic E-state index is 15.2. The Balaban J connectivity index is 1.27. The van der Waals surface area contributed by atoms with Crippen LogP contribution in [0.3, 0.4) is 0 Å². The number of halogens is 9. The summed E-state index contributed by atoms with van der Waals surface area (Å²) in [4.78, 5) is 0. The molecule has 0 unspecified atom stereocenters. The van der Waals surface area contributed by atoms with Gasteiger partial charge in [0.2, 0.25) is 0 Å². The molecule has 0 aliphatic heterocycles. The van der Waals surface area contributed by atoms with Crippen LogP contribution in [0.25, 0.3) is 22.3 Å². The Morgan fingerprint density at radius 1 is 0.521 bits per heavy atom. The molecule has 0 aliphatic rings. The molecule has 0 fully saturated rings. The predicted octanol–water partition coefficient (Wildman–Crippen LogP) is 11.7. The van der Waals surface area contributed by atoms with E-state index in [0.29, 0.717) is 23.3 Å². The Morgan fingerprint density at radius 3 is 1.71 bits per heavy atom. The van der Waals surface area contributed by atoms with Crippen LogP contribution in [-0.2, 0) is 18.6 Å². The number of benzene rings is 5. The van der Waals surface area contributed by atoms with Gasteiger partial charge in [-0.15, -0.1) is 0 Å². The minimum atomic E-state index is -4.43. The Labute approximate surface area is 270 Å². The highest BCUT2D eigenvalue weighted by Gasteiger charge is 2.38. The highest BCUT2D eigenvalue weighted by Crippen LogP contribution is 2.37. The standard InChI is InChI=1S/C37H27F9O2/c1-2-3-4-5-22-6-12-26(13-7-22)36(43,44)47-27-14-8-23(9-15-27)24-10-16-29(31(38)18-24)25-11-17-30(32(39)19-25)37(45,46)48-28-20-33(40)35(42)34(41)21-28/h6-21H,2-5H2,1H3. The van der Waals surface area contributed by atoms with Crippen LogP contribution in [0.4, 0.5) is 39.5 Å². The molecule has 5 aromatic rings. The molecule has 2 nitrogen and oxygen atoms in total. The molecule has 0 N–H and O–H groups in total. The summed E-state index contributed by atoms with van der Waals surface area (Å²) in [5.41, 5.74) is -0.144. The molecule has 0 amide bonds. The smallest absolute Gasteiger partial charge is 0.429 e. The fraction of sp³-hybridized carbons (Fsp3) is 0.189. The highest BCUT2D eigenvalue weighted by atomic mass is 19.3. The predicted molar refractivity (Wildman–Crippen MR) is 162 cm³/mol. The summed E-state index contributed by atoms with van der Waals surface area (Å²) in [6, 6.07) is 17.9. The van der Waals surface area contributed by atoms with Crippen molar-refractivity contribution in [3.63, 3.8) is 0 Å². The third kappa shape index (κ3) is 7.78. The van der Waals surface area contributed by atoms with Gasteiger partial charge in [0.25, 0.3) is 0 Å². The van der Waals surface area contributed by atoms with Crippen molar-refractivity contribution in [2.45, 2.75) is 44.8 Å².